The van der Waals surface area contributed by atoms with Crippen molar-refractivity contribution < 1.29 is 4.79 Å². The van der Waals surface area contributed by atoms with Gasteiger partial charge in [0.25, 0.3) is 0 Å². The maximum atomic E-state index is 11.4. The molecular weight excluding hydrogens is 216 g/mol. The van der Waals surface area contributed by atoms with Crippen molar-refractivity contribution in [1.29, 1.82) is 0 Å². The van der Waals surface area contributed by atoms with E-state index in [1.54, 1.807) is 32.1 Å². The third-order valence-electron chi connectivity index (χ3n) is 1.88. The molecule has 0 saturated heterocycles. The average molecular weight is 229 g/mol. The number of rotatable bonds is 3. The van der Waals surface area contributed by atoms with Gasteiger partial charge in [-0.1, -0.05) is 11.6 Å². The Morgan fingerprint density at radius 3 is 2.60 bits per heavy atom. The van der Waals surface area contributed by atoms with Gasteiger partial charge in [0, 0.05) is 27.2 Å². The highest BCUT2D eigenvalue weighted by atomic mass is 35.5. The number of anilines is 1. The number of halogens is 1. The maximum Gasteiger partial charge on any atom is 0.241 e. The minimum atomic E-state index is 0.00670. The molecule has 1 heterocycles. The SMILES string of the molecule is CN(C)C(=O)CN(C)c1cc(Cl)ncn1. The number of nitrogens with zero attached hydrogens (tertiary/aromatic N) is 4. The number of aromatic nitrogens is 2. The molecule has 0 aromatic carbocycles. The number of hydrogen-bond acceptors (Lipinski definition) is 4. The Bertz CT molecular complexity index is 356. The molecule has 0 spiro atoms. The Morgan fingerprint density at radius 1 is 1.40 bits per heavy atom. The molecule has 1 rings (SSSR count). The van der Waals surface area contributed by atoms with Gasteiger partial charge < -0.3 is 9.80 Å². The van der Waals surface area contributed by atoms with Crippen LogP contribution in [0.5, 0.6) is 0 Å². The van der Waals surface area contributed by atoms with Gasteiger partial charge in [0.1, 0.15) is 17.3 Å². The van der Waals surface area contributed by atoms with Crippen LogP contribution in [0.4, 0.5) is 5.82 Å². The molecule has 0 aliphatic rings. The van der Waals surface area contributed by atoms with Crippen molar-refractivity contribution in [2.24, 2.45) is 0 Å². The molecule has 1 amide bonds. The summed E-state index contributed by atoms with van der Waals surface area (Å²) in [4.78, 5) is 22.4. The fourth-order valence-electron chi connectivity index (χ4n) is 0.958. The van der Waals surface area contributed by atoms with Gasteiger partial charge in [-0.25, -0.2) is 9.97 Å². The van der Waals surface area contributed by atoms with Crippen molar-refractivity contribution in [3.8, 4) is 0 Å². The van der Waals surface area contributed by atoms with E-state index >= 15 is 0 Å². The lowest BCUT2D eigenvalue weighted by Gasteiger charge is -2.19. The van der Waals surface area contributed by atoms with E-state index in [1.807, 2.05) is 0 Å². The van der Waals surface area contributed by atoms with Gasteiger partial charge in [0.15, 0.2) is 0 Å². The van der Waals surface area contributed by atoms with E-state index in [0.29, 0.717) is 11.0 Å². The topological polar surface area (TPSA) is 49.3 Å². The maximum absolute atomic E-state index is 11.4. The van der Waals surface area contributed by atoms with E-state index in [4.69, 9.17) is 11.6 Å². The van der Waals surface area contributed by atoms with Crippen molar-refractivity contribution in [3.63, 3.8) is 0 Å². The van der Waals surface area contributed by atoms with Crippen LogP contribution in [0, 0.1) is 0 Å². The summed E-state index contributed by atoms with van der Waals surface area (Å²) >= 11 is 5.71. The highest BCUT2D eigenvalue weighted by molar-refractivity contribution is 6.29. The molecule has 0 aliphatic heterocycles. The third kappa shape index (κ3) is 3.36. The summed E-state index contributed by atoms with van der Waals surface area (Å²) in [5, 5.41) is 0.365. The van der Waals surface area contributed by atoms with Crippen molar-refractivity contribution >= 4 is 23.3 Å². The zero-order valence-electron chi connectivity index (χ0n) is 8.94. The van der Waals surface area contributed by atoms with Crippen molar-refractivity contribution in [2.75, 3.05) is 32.6 Å². The lowest BCUT2D eigenvalue weighted by atomic mass is 10.4. The molecule has 15 heavy (non-hydrogen) atoms. The second-order valence-corrected chi connectivity index (χ2v) is 3.73. The van der Waals surface area contributed by atoms with E-state index in [1.165, 1.54) is 11.2 Å². The third-order valence-corrected chi connectivity index (χ3v) is 2.09. The van der Waals surface area contributed by atoms with E-state index in [0.717, 1.165) is 0 Å². The van der Waals surface area contributed by atoms with Gasteiger partial charge >= 0.3 is 0 Å². The predicted molar refractivity (Wildman–Crippen MR) is 59.0 cm³/mol. The van der Waals surface area contributed by atoms with Gasteiger partial charge in [0.2, 0.25) is 5.91 Å². The quantitative estimate of drug-likeness (QED) is 0.713. The Labute approximate surface area is 93.7 Å². The van der Waals surface area contributed by atoms with E-state index in [2.05, 4.69) is 9.97 Å². The standard InChI is InChI=1S/C9H13ClN4O/c1-13(2)9(15)5-14(3)8-4-7(10)11-6-12-8/h4,6H,5H2,1-3H3. The minimum absolute atomic E-state index is 0.00670. The normalized spacial score (nSPS) is 9.87. The highest BCUT2D eigenvalue weighted by Crippen LogP contribution is 2.12. The summed E-state index contributed by atoms with van der Waals surface area (Å²) < 4.78 is 0. The predicted octanol–water partition coefficient (Wildman–Crippen LogP) is 0.654. The minimum Gasteiger partial charge on any atom is -0.350 e. The molecule has 0 radical (unpaired) electrons. The molecule has 1 aromatic heterocycles. The molecule has 5 nitrogen and oxygen atoms in total. The number of carbonyl (C=O) groups is 1. The molecule has 82 valence electrons. The molecule has 0 unspecified atom stereocenters. The molecule has 0 atom stereocenters. The first-order valence-corrected chi connectivity index (χ1v) is 4.77. The number of amides is 1. The van der Waals surface area contributed by atoms with Crippen LogP contribution in [-0.4, -0.2) is 48.5 Å². The van der Waals surface area contributed by atoms with Gasteiger partial charge in [-0.05, 0) is 0 Å². The van der Waals surface area contributed by atoms with Crippen molar-refractivity contribution in [1.82, 2.24) is 14.9 Å². The monoisotopic (exact) mass is 228 g/mol. The summed E-state index contributed by atoms with van der Waals surface area (Å²) in [5.74, 6) is 0.637. The molecule has 0 aliphatic carbocycles. The average Bonchev–Trinajstić information content (AvgIpc) is 2.17. The van der Waals surface area contributed by atoms with Crippen molar-refractivity contribution in [3.05, 3.63) is 17.5 Å². The van der Waals surface area contributed by atoms with Gasteiger partial charge in [0.05, 0.1) is 6.54 Å². The molecule has 0 fully saturated rings. The zero-order chi connectivity index (χ0) is 11.4. The fraction of sp³-hybridized carbons (Fsp3) is 0.444. The van der Waals surface area contributed by atoms with Crippen LogP contribution in [0.15, 0.2) is 12.4 Å². The second-order valence-electron chi connectivity index (χ2n) is 3.34. The van der Waals surface area contributed by atoms with Gasteiger partial charge in [-0.2, -0.15) is 0 Å². The summed E-state index contributed by atoms with van der Waals surface area (Å²) in [6.07, 6.45) is 1.37. The summed E-state index contributed by atoms with van der Waals surface area (Å²) in [6.45, 7) is 0.264. The number of carbonyl (C=O) groups excluding carboxylic acids is 1. The molecular formula is C9H13ClN4O. The van der Waals surface area contributed by atoms with Crippen LogP contribution in [0.25, 0.3) is 0 Å². The first kappa shape index (κ1) is 11.7. The molecule has 6 heteroatoms. The molecule has 1 aromatic rings. The summed E-state index contributed by atoms with van der Waals surface area (Å²) in [7, 11) is 5.20. The fourth-order valence-corrected chi connectivity index (χ4v) is 1.10. The Balaban J connectivity index is 2.69. The zero-order valence-corrected chi connectivity index (χ0v) is 9.69. The van der Waals surface area contributed by atoms with E-state index in [9.17, 15) is 4.79 Å². The lowest BCUT2D eigenvalue weighted by molar-refractivity contribution is -0.127. The Kier molecular flexibility index (Phi) is 3.85. The number of likely N-dealkylation sites (N-methyl/N-ethyl adjacent to an activating group) is 2. The number of hydrogen-bond donors (Lipinski definition) is 0. The Hall–Kier alpha value is -1.36. The van der Waals surface area contributed by atoms with Crippen LogP contribution < -0.4 is 4.90 Å². The van der Waals surface area contributed by atoms with Crippen LogP contribution >= 0.6 is 11.6 Å². The second kappa shape index (κ2) is 4.93. The van der Waals surface area contributed by atoms with Crippen LogP contribution in [0.3, 0.4) is 0 Å². The lowest BCUT2D eigenvalue weighted by Crippen LogP contribution is -2.34. The van der Waals surface area contributed by atoms with Crippen LogP contribution in [0.2, 0.25) is 5.15 Å². The first-order chi connectivity index (χ1) is 7.00. The largest absolute Gasteiger partial charge is 0.350 e. The Morgan fingerprint density at radius 2 is 2.07 bits per heavy atom. The summed E-state index contributed by atoms with van der Waals surface area (Å²) in [5.41, 5.74) is 0. The van der Waals surface area contributed by atoms with E-state index < -0.39 is 0 Å². The molecule has 0 bridgehead atoms. The van der Waals surface area contributed by atoms with Gasteiger partial charge in [-0.15, -0.1) is 0 Å². The molecule has 0 saturated carbocycles. The van der Waals surface area contributed by atoms with Gasteiger partial charge in [-0.3, -0.25) is 4.79 Å². The molecule has 0 N–H and O–H groups in total. The summed E-state index contributed by atoms with van der Waals surface area (Å²) in [6, 6.07) is 1.62. The first-order valence-electron chi connectivity index (χ1n) is 4.39. The van der Waals surface area contributed by atoms with Crippen LogP contribution in [-0.2, 0) is 4.79 Å². The van der Waals surface area contributed by atoms with Crippen molar-refractivity contribution in [2.45, 2.75) is 0 Å². The van der Waals surface area contributed by atoms with E-state index in [-0.39, 0.29) is 12.5 Å². The van der Waals surface area contributed by atoms with Crippen LogP contribution in [0.1, 0.15) is 0 Å². The highest BCUT2D eigenvalue weighted by Gasteiger charge is 2.10. The smallest absolute Gasteiger partial charge is 0.241 e.